The minimum atomic E-state index is -1.08. The Morgan fingerprint density at radius 1 is 1.17 bits per heavy atom. The van der Waals surface area contributed by atoms with Crippen LogP contribution >= 0.6 is 11.6 Å². The molecule has 0 radical (unpaired) electrons. The number of halogens is 1. The molecule has 1 unspecified atom stereocenters. The molecule has 0 aliphatic heterocycles. The van der Waals surface area contributed by atoms with Gasteiger partial charge in [0, 0.05) is 22.5 Å². The van der Waals surface area contributed by atoms with E-state index in [1.807, 2.05) is 12.1 Å². The lowest BCUT2D eigenvalue weighted by Gasteiger charge is -2.11. The van der Waals surface area contributed by atoms with E-state index in [9.17, 15) is 9.59 Å². The average Bonchev–Trinajstić information content (AvgIpc) is 2.54. The van der Waals surface area contributed by atoms with Gasteiger partial charge in [0.2, 0.25) is 0 Å². The van der Waals surface area contributed by atoms with Crippen molar-refractivity contribution in [3.63, 3.8) is 0 Å². The molecular formula is C18H13ClO5. The van der Waals surface area contributed by atoms with Crippen molar-refractivity contribution in [2.75, 3.05) is 0 Å². The molecule has 1 atom stereocenters. The maximum Gasteiger partial charge on any atom is 0.344 e. The molecule has 122 valence electrons. The first-order chi connectivity index (χ1) is 11.4. The summed E-state index contributed by atoms with van der Waals surface area (Å²) in [6, 6.07) is 13.4. The molecule has 1 heterocycles. The summed E-state index contributed by atoms with van der Waals surface area (Å²) >= 11 is 5.90. The molecule has 1 N–H and O–H groups in total. The van der Waals surface area contributed by atoms with Crippen LogP contribution in [0.2, 0.25) is 5.02 Å². The topological polar surface area (TPSA) is 76.7 Å². The Morgan fingerprint density at radius 3 is 2.54 bits per heavy atom. The first-order valence-electron chi connectivity index (χ1n) is 7.17. The minimum absolute atomic E-state index is 0.314. The van der Waals surface area contributed by atoms with Crippen molar-refractivity contribution in [2.24, 2.45) is 0 Å². The van der Waals surface area contributed by atoms with E-state index in [1.54, 1.807) is 24.3 Å². The van der Waals surface area contributed by atoms with Gasteiger partial charge in [-0.2, -0.15) is 0 Å². The maximum atomic E-state index is 11.9. The number of carboxylic acid groups (broad SMARTS) is 1. The van der Waals surface area contributed by atoms with Gasteiger partial charge in [-0.25, -0.2) is 9.59 Å². The third kappa shape index (κ3) is 3.26. The molecule has 3 aromatic rings. The van der Waals surface area contributed by atoms with Crippen LogP contribution in [0, 0.1) is 0 Å². The molecule has 0 aliphatic rings. The smallest absolute Gasteiger partial charge is 0.344 e. The van der Waals surface area contributed by atoms with E-state index in [0.717, 1.165) is 5.56 Å². The van der Waals surface area contributed by atoms with Crippen LogP contribution in [0.4, 0.5) is 0 Å². The van der Waals surface area contributed by atoms with Gasteiger partial charge in [0.15, 0.2) is 6.10 Å². The van der Waals surface area contributed by atoms with Crippen LogP contribution in [-0.2, 0) is 4.79 Å². The highest BCUT2D eigenvalue weighted by Gasteiger charge is 2.14. The minimum Gasteiger partial charge on any atom is -0.479 e. The lowest BCUT2D eigenvalue weighted by molar-refractivity contribution is -0.144. The molecule has 2 aromatic carbocycles. The van der Waals surface area contributed by atoms with Crippen molar-refractivity contribution in [2.45, 2.75) is 13.0 Å². The fourth-order valence-electron chi connectivity index (χ4n) is 2.34. The third-order valence-corrected chi connectivity index (χ3v) is 3.78. The number of benzene rings is 2. The molecule has 0 spiro atoms. The van der Waals surface area contributed by atoms with E-state index >= 15 is 0 Å². The number of rotatable bonds is 4. The number of fused-ring (bicyclic) bond motifs is 1. The normalized spacial score (nSPS) is 12.1. The second-order valence-corrected chi connectivity index (χ2v) is 5.68. The molecule has 0 aliphatic carbocycles. The van der Waals surface area contributed by atoms with Crippen LogP contribution in [0.5, 0.6) is 5.75 Å². The van der Waals surface area contributed by atoms with Gasteiger partial charge in [-0.05, 0) is 42.3 Å². The average molecular weight is 345 g/mol. The van der Waals surface area contributed by atoms with E-state index < -0.39 is 17.7 Å². The quantitative estimate of drug-likeness (QED) is 0.725. The second kappa shape index (κ2) is 6.37. The zero-order valence-corrected chi connectivity index (χ0v) is 13.4. The Hall–Kier alpha value is -2.79. The Bertz CT molecular complexity index is 959. The summed E-state index contributed by atoms with van der Waals surface area (Å²) in [4.78, 5) is 22.7. The molecule has 0 amide bonds. The van der Waals surface area contributed by atoms with Gasteiger partial charge in [0.1, 0.15) is 11.3 Å². The zero-order valence-electron chi connectivity index (χ0n) is 12.7. The van der Waals surface area contributed by atoms with E-state index in [4.69, 9.17) is 25.9 Å². The van der Waals surface area contributed by atoms with Crippen LogP contribution in [0.15, 0.2) is 57.7 Å². The summed E-state index contributed by atoms with van der Waals surface area (Å²) < 4.78 is 10.5. The second-order valence-electron chi connectivity index (χ2n) is 5.24. The predicted molar refractivity (Wildman–Crippen MR) is 90.7 cm³/mol. The van der Waals surface area contributed by atoms with Crippen LogP contribution in [-0.4, -0.2) is 17.2 Å². The molecule has 5 nitrogen and oxygen atoms in total. The summed E-state index contributed by atoms with van der Waals surface area (Å²) in [5.41, 5.74) is 1.35. The molecule has 24 heavy (non-hydrogen) atoms. The van der Waals surface area contributed by atoms with Crippen LogP contribution in [0.1, 0.15) is 6.92 Å². The summed E-state index contributed by atoms with van der Waals surface area (Å²) in [5.74, 6) is -0.764. The third-order valence-electron chi connectivity index (χ3n) is 3.53. The van der Waals surface area contributed by atoms with Crippen molar-refractivity contribution in [1.29, 1.82) is 0 Å². The maximum absolute atomic E-state index is 11.9. The van der Waals surface area contributed by atoms with Gasteiger partial charge in [0.05, 0.1) is 0 Å². The Morgan fingerprint density at radius 2 is 1.88 bits per heavy atom. The number of ether oxygens (including phenoxy) is 1. The first kappa shape index (κ1) is 16.1. The summed E-state index contributed by atoms with van der Waals surface area (Å²) in [6.45, 7) is 1.42. The van der Waals surface area contributed by atoms with Gasteiger partial charge in [0.25, 0.3) is 0 Å². The Kier molecular flexibility index (Phi) is 4.27. The molecule has 3 rings (SSSR count). The van der Waals surface area contributed by atoms with Crippen LogP contribution in [0.25, 0.3) is 22.1 Å². The molecule has 0 fully saturated rings. The molecule has 0 saturated carbocycles. The van der Waals surface area contributed by atoms with Gasteiger partial charge in [-0.15, -0.1) is 0 Å². The zero-order chi connectivity index (χ0) is 17.3. The molecule has 1 aromatic heterocycles. The van der Waals surface area contributed by atoms with Crippen molar-refractivity contribution >= 4 is 28.5 Å². The Balaban J connectivity index is 2.10. The SMILES string of the molecule is CC(Oc1ccc2c(-c3ccc(Cl)cc3)cc(=O)oc2c1)C(=O)O. The van der Waals surface area contributed by atoms with E-state index in [2.05, 4.69) is 0 Å². The van der Waals surface area contributed by atoms with E-state index in [1.165, 1.54) is 19.1 Å². The fourth-order valence-corrected chi connectivity index (χ4v) is 2.47. The lowest BCUT2D eigenvalue weighted by atomic mass is 10.0. The number of hydrogen-bond donors (Lipinski definition) is 1. The largest absolute Gasteiger partial charge is 0.479 e. The summed E-state index contributed by atoms with van der Waals surface area (Å²) in [6.07, 6.45) is -1.01. The fraction of sp³-hybridized carbons (Fsp3) is 0.111. The van der Waals surface area contributed by atoms with Gasteiger partial charge < -0.3 is 14.3 Å². The van der Waals surface area contributed by atoms with Crippen molar-refractivity contribution in [3.05, 3.63) is 64.0 Å². The lowest BCUT2D eigenvalue weighted by Crippen LogP contribution is -2.22. The van der Waals surface area contributed by atoms with E-state index in [-0.39, 0.29) is 0 Å². The van der Waals surface area contributed by atoms with Crippen LogP contribution in [0.3, 0.4) is 0 Å². The highest BCUT2D eigenvalue weighted by molar-refractivity contribution is 6.30. The number of aliphatic carboxylic acids is 1. The highest BCUT2D eigenvalue weighted by Crippen LogP contribution is 2.30. The molecule has 6 heteroatoms. The van der Waals surface area contributed by atoms with Crippen molar-refractivity contribution < 1.29 is 19.1 Å². The summed E-state index contributed by atoms with van der Waals surface area (Å²) in [5, 5.41) is 10.2. The predicted octanol–water partition coefficient (Wildman–Crippen LogP) is 3.97. The van der Waals surface area contributed by atoms with E-state index in [0.29, 0.717) is 27.3 Å². The molecule has 0 saturated heterocycles. The number of carboxylic acids is 1. The van der Waals surface area contributed by atoms with Crippen molar-refractivity contribution in [3.8, 4) is 16.9 Å². The standard InChI is InChI=1S/C18H13ClO5/c1-10(18(21)22)23-13-6-7-14-15(9-17(20)24-16(14)8-13)11-2-4-12(19)5-3-11/h2-10H,1H3,(H,21,22). The van der Waals surface area contributed by atoms with Crippen LogP contribution < -0.4 is 10.4 Å². The van der Waals surface area contributed by atoms with Gasteiger partial charge >= 0.3 is 11.6 Å². The van der Waals surface area contributed by atoms with Gasteiger partial charge in [-0.1, -0.05) is 23.7 Å². The monoisotopic (exact) mass is 344 g/mol. The summed E-state index contributed by atoms with van der Waals surface area (Å²) in [7, 11) is 0. The number of hydrogen-bond acceptors (Lipinski definition) is 4. The molecular weight excluding hydrogens is 332 g/mol. The molecule has 0 bridgehead atoms. The Labute approximate surface area is 142 Å². The highest BCUT2D eigenvalue weighted by atomic mass is 35.5. The van der Waals surface area contributed by atoms with Gasteiger partial charge in [-0.3, -0.25) is 0 Å². The van der Waals surface area contributed by atoms with Crippen molar-refractivity contribution in [1.82, 2.24) is 0 Å². The number of carbonyl (C=O) groups is 1. The first-order valence-corrected chi connectivity index (χ1v) is 7.55.